The molecule has 2 aromatic rings. The Morgan fingerprint density at radius 2 is 1.86 bits per heavy atom. The number of hydrogen-bond acceptors (Lipinski definition) is 3. The molecule has 0 aliphatic carbocycles. The van der Waals surface area contributed by atoms with E-state index in [0.29, 0.717) is 17.9 Å². The Hall–Kier alpha value is -2.01. The summed E-state index contributed by atoms with van der Waals surface area (Å²) in [6.07, 6.45) is 0.621. The van der Waals surface area contributed by atoms with Crippen molar-refractivity contribution < 1.29 is 14.3 Å². The number of benzene rings is 2. The largest absolute Gasteiger partial charge is 0.493 e. The minimum absolute atomic E-state index is 0.0304. The topological polar surface area (TPSA) is 47.6 Å². The van der Waals surface area contributed by atoms with Gasteiger partial charge in [-0.3, -0.25) is 4.79 Å². The van der Waals surface area contributed by atoms with E-state index in [4.69, 9.17) is 9.47 Å². The number of halogens is 1. The smallest absolute Gasteiger partial charge is 0.232 e. The molecule has 1 aliphatic rings. The third-order valence-electron chi connectivity index (χ3n) is 3.85. The summed E-state index contributed by atoms with van der Waals surface area (Å²) in [4.78, 5) is 12.2. The van der Waals surface area contributed by atoms with Crippen LogP contribution in [0.4, 0.5) is 5.69 Å². The van der Waals surface area contributed by atoms with Crippen molar-refractivity contribution >= 4 is 27.5 Å². The maximum Gasteiger partial charge on any atom is 0.232 e. The lowest BCUT2D eigenvalue weighted by molar-refractivity contribution is -0.117. The Morgan fingerprint density at radius 1 is 1.09 bits per heavy atom. The molecule has 1 amide bonds. The second-order valence-electron chi connectivity index (χ2n) is 5.17. The van der Waals surface area contributed by atoms with Crippen LogP contribution in [0.1, 0.15) is 17.0 Å². The van der Waals surface area contributed by atoms with Crippen LogP contribution in [0.15, 0.2) is 40.9 Å². The number of rotatable bonds is 4. The Labute approximate surface area is 137 Å². The molecule has 0 saturated heterocycles. The zero-order chi connectivity index (χ0) is 15.7. The van der Waals surface area contributed by atoms with Gasteiger partial charge in [0.15, 0.2) is 11.5 Å². The maximum absolute atomic E-state index is 12.2. The average molecular weight is 362 g/mol. The molecule has 0 bridgehead atoms. The number of hydrogen-bond donors (Lipinski definition) is 1. The molecule has 0 fully saturated rings. The lowest BCUT2D eigenvalue weighted by Gasteiger charge is -2.12. The molecule has 3 rings (SSSR count). The minimum atomic E-state index is -0.189. The lowest BCUT2D eigenvalue weighted by atomic mass is 9.93. The van der Waals surface area contributed by atoms with Gasteiger partial charge < -0.3 is 14.8 Å². The minimum Gasteiger partial charge on any atom is -0.493 e. The van der Waals surface area contributed by atoms with Gasteiger partial charge in [0, 0.05) is 10.2 Å². The summed E-state index contributed by atoms with van der Waals surface area (Å²) in [5.74, 6) is 1.20. The highest BCUT2D eigenvalue weighted by Gasteiger charge is 2.30. The summed E-state index contributed by atoms with van der Waals surface area (Å²) in [5, 5.41) is 2.93. The van der Waals surface area contributed by atoms with Crippen LogP contribution >= 0.6 is 15.9 Å². The Kier molecular flexibility index (Phi) is 4.07. The number of nitrogens with one attached hydrogen (secondary N) is 1. The number of fused-ring (bicyclic) bond motifs is 1. The average Bonchev–Trinajstić information content (AvgIpc) is 2.83. The third kappa shape index (κ3) is 2.68. The number of methoxy groups -OCH3 is 2. The van der Waals surface area contributed by atoms with E-state index in [2.05, 4.69) is 21.2 Å². The molecule has 4 nitrogen and oxygen atoms in total. The molecule has 1 atom stereocenters. The van der Waals surface area contributed by atoms with E-state index in [1.807, 2.05) is 36.4 Å². The molecule has 22 heavy (non-hydrogen) atoms. The zero-order valence-electron chi connectivity index (χ0n) is 12.4. The SMILES string of the molecule is COc1ccc(C[C@H]2C(=O)Nc3ccc(Br)cc32)cc1OC. The normalized spacial score (nSPS) is 16.1. The fourth-order valence-corrected chi connectivity index (χ4v) is 3.12. The first-order valence-electron chi connectivity index (χ1n) is 6.93. The van der Waals surface area contributed by atoms with E-state index in [9.17, 15) is 4.79 Å². The van der Waals surface area contributed by atoms with Gasteiger partial charge in [-0.05, 0) is 47.9 Å². The summed E-state index contributed by atoms with van der Waals surface area (Å²) in [6.45, 7) is 0. The van der Waals surface area contributed by atoms with Crippen molar-refractivity contribution in [2.45, 2.75) is 12.3 Å². The van der Waals surface area contributed by atoms with E-state index in [1.165, 1.54) is 0 Å². The number of carbonyl (C=O) groups is 1. The molecule has 0 saturated carbocycles. The summed E-state index contributed by atoms with van der Waals surface area (Å²) in [5.41, 5.74) is 2.94. The molecular weight excluding hydrogens is 346 g/mol. The van der Waals surface area contributed by atoms with Crippen LogP contribution in [0, 0.1) is 0 Å². The molecular formula is C17H16BrNO3. The van der Waals surface area contributed by atoms with Crippen LogP contribution in [-0.2, 0) is 11.2 Å². The molecule has 1 heterocycles. The third-order valence-corrected chi connectivity index (χ3v) is 4.34. The van der Waals surface area contributed by atoms with Crippen molar-refractivity contribution in [3.05, 3.63) is 52.0 Å². The quantitative estimate of drug-likeness (QED) is 0.901. The van der Waals surface area contributed by atoms with Crippen molar-refractivity contribution in [3.8, 4) is 11.5 Å². The number of anilines is 1. The summed E-state index contributed by atoms with van der Waals surface area (Å²) >= 11 is 3.46. The van der Waals surface area contributed by atoms with Crippen molar-refractivity contribution in [2.24, 2.45) is 0 Å². The lowest BCUT2D eigenvalue weighted by Crippen LogP contribution is -2.14. The number of ether oxygens (including phenoxy) is 2. The van der Waals surface area contributed by atoms with Gasteiger partial charge in [-0.15, -0.1) is 0 Å². The van der Waals surface area contributed by atoms with Gasteiger partial charge in [0.2, 0.25) is 5.91 Å². The monoisotopic (exact) mass is 361 g/mol. The highest BCUT2D eigenvalue weighted by atomic mass is 79.9. The van der Waals surface area contributed by atoms with Gasteiger partial charge in [-0.25, -0.2) is 0 Å². The van der Waals surface area contributed by atoms with Crippen molar-refractivity contribution in [2.75, 3.05) is 19.5 Å². The van der Waals surface area contributed by atoms with E-state index in [-0.39, 0.29) is 11.8 Å². The van der Waals surface area contributed by atoms with Crippen molar-refractivity contribution in [1.82, 2.24) is 0 Å². The molecule has 0 aromatic heterocycles. The van der Waals surface area contributed by atoms with E-state index in [1.54, 1.807) is 14.2 Å². The Balaban J connectivity index is 1.91. The summed E-state index contributed by atoms with van der Waals surface area (Å²) in [6, 6.07) is 11.6. The maximum atomic E-state index is 12.2. The fourth-order valence-electron chi connectivity index (χ4n) is 2.74. The summed E-state index contributed by atoms with van der Waals surface area (Å²) in [7, 11) is 3.21. The van der Waals surface area contributed by atoms with Crippen molar-refractivity contribution in [1.29, 1.82) is 0 Å². The number of carbonyl (C=O) groups excluding carboxylic acids is 1. The van der Waals surface area contributed by atoms with Crippen LogP contribution in [0.2, 0.25) is 0 Å². The molecule has 5 heteroatoms. The molecule has 1 N–H and O–H groups in total. The van der Waals surface area contributed by atoms with Crippen molar-refractivity contribution in [3.63, 3.8) is 0 Å². The molecule has 0 spiro atoms. The molecule has 114 valence electrons. The fraction of sp³-hybridized carbons (Fsp3) is 0.235. The molecule has 0 unspecified atom stereocenters. The second-order valence-corrected chi connectivity index (χ2v) is 6.08. The first-order valence-corrected chi connectivity index (χ1v) is 7.73. The summed E-state index contributed by atoms with van der Waals surface area (Å²) < 4.78 is 11.5. The van der Waals surface area contributed by atoms with Crippen LogP contribution < -0.4 is 14.8 Å². The highest BCUT2D eigenvalue weighted by molar-refractivity contribution is 9.10. The van der Waals surface area contributed by atoms with E-state index < -0.39 is 0 Å². The number of amides is 1. The van der Waals surface area contributed by atoms with Crippen LogP contribution in [0.3, 0.4) is 0 Å². The van der Waals surface area contributed by atoms with Gasteiger partial charge in [0.25, 0.3) is 0 Å². The van der Waals surface area contributed by atoms with E-state index in [0.717, 1.165) is 21.3 Å². The predicted octanol–water partition coefficient (Wildman–Crippen LogP) is 3.74. The van der Waals surface area contributed by atoms with Gasteiger partial charge in [0.05, 0.1) is 20.1 Å². The second kappa shape index (κ2) is 6.01. The Morgan fingerprint density at radius 3 is 2.59 bits per heavy atom. The van der Waals surface area contributed by atoms with Crippen LogP contribution in [0.25, 0.3) is 0 Å². The zero-order valence-corrected chi connectivity index (χ0v) is 13.9. The molecule has 2 aromatic carbocycles. The van der Waals surface area contributed by atoms with Gasteiger partial charge >= 0.3 is 0 Å². The van der Waals surface area contributed by atoms with Crippen LogP contribution in [-0.4, -0.2) is 20.1 Å². The van der Waals surface area contributed by atoms with Gasteiger partial charge in [0.1, 0.15) is 0 Å². The van der Waals surface area contributed by atoms with E-state index >= 15 is 0 Å². The first-order chi connectivity index (χ1) is 10.6. The Bertz CT molecular complexity index is 730. The molecule has 1 aliphatic heterocycles. The molecule has 0 radical (unpaired) electrons. The standard InChI is InChI=1S/C17H16BrNO3/c1-21-15-6-3-10(8-16(15)22-2)7-13-12-9-11(18)4-5-14(12)19-17(13)20/h3-6,8-9,13H,7H2,1-2H3,(H,19,20)/t13-/m1/s1. The van der Waals surface area contributed by atoms with Crippen LogP contribution in [0.5, 0.6) is 11.5 Å². The highest BCUT2D eigenvalue weighted by Crippen LogP contribution is 2.37. The predicted molar refractivity (Wildman–Crippen MR) is 88.8 cm³/mol. The van der Waals surface area contributed by atoms with Gasteiger partial charge in [-0.1, -0.05) is 22.0 Å². The van der Waals surface area contributed by atoms with Gasteiger partial charge in [-0.2, -0.15) is 0 Å². The first kappa shape index (κ1) is 14.9.